The minimum absolute atomic E-state index is 0.318. The smallest absolute Gasteiger partial charge is 0.419 e. The van der Waals surface area contributed by atoms with E-state index >= 15 is 0 Å². The Bertz CT molecular complexity index is 3710. The minimum atomic E-state index is -0.498. The van der Waals surface area contributed by atoms with Crippen molar-refractivity contribution in [1.29, 1.82) is 0 Å². The number of benzene rings is 5. The van der Waals surface area contributed by atoms with Crippen molar-refractivity contribution in [3.8, 4) is 28.7 Å². The van der Waals surface area contributed by atoms with Gasteiger partial charge < -0.3 is 73.2 Å². The van der Waals surface area contributed by atoms with Crippen molar-refractivity contribution >= 4 is 55.5 Å². The van der Waals surface area contributed by atoms with Gasteiger partial charge in [0.15, 0.2) is 56.7 Å². The fraction of sp³-hybridized carbons (Fsp3) is 0.340. The summed E-state index contributed by atoms with van der Waals surface area (Å²) in [4.78, 5) is 65.6. The van der Waals surface area contributed by atoms with Crippen molar-refractivity contribution in [2.45, 2.75) is 19.8 Å². The summed E-state index contributed by atoms with van der Waals surface area (Å²) in [5, 5.41) is 9.24. The molecule has 26 heteroatoms. The summed E-state index contributed by atoms with van der Waals surface area (Å²) in [6.45, 7) is 8.69. The number of hydrogen-bond donors (Lipinski definition) is 9. The molecule has 0 saturated carbocycles. The zero-order chi connectivity index (χ0) is 56.4. The Kier molecular flexibility index (Phi) is 23.6. The van der Waals surface area contributed by atoms with E-state index in [0.29, 0.717) is 144 Å². The Labute approximate surface area is 448 Å². The molecule has 0 amide bonds. The van der Waals surface area contributed by atoms with E-state index in [-0.39, 0.29) is 6.67 Å². The van der Waals surface area contributed by atoms with E-state index in [1.807, 2.05) is 25.2 Å². The predicted octanol–water partition coefficient (Wildman–Crippen LogP) is 4.60. The third kappa shape index (κ3) is 17.6. The van der Waals surface area contributed by atoms with Gasteiger partial charge in [0.1, 0.15) is 33.0 Å². The third-order valence-electron chi connectivity index (χ3n) is 10.8. The number of aryl methyl sites for hydroxylation is 1. The van der Waals surface area contributed by atoms with Gasteiger partial charge in [-0.25, -0.2) is 24.0 Å². The number of likely N-dealkylation sites (N-methyl/N-ethyl adjacent to an activating group) is 1. The van der Waals surface area contributed by atoms with Gasteiger partial charge in [-0.2, -0.15) is 0 Å². The molecule has 0 aliphatic heterocycles. The summed E-state index contributed by atoms with van der Waals surface area (Å²) < 4.78 is 65.4. The van der Waals surface area contributed by atoms with Gasteiger partial charge in [-0.3, -0.25) is 28.9 Å². The van der Waals surface area contributed by atoms with E-state index in [1.54, 1.807) is 79.8 Å². The number of aromatic nitrogens is 5. The van der Waals surface area contributed by atoms with E-state index in [4.69, 9.17) is 57.2 Å². The molecule has 0 spiro atoms. The van der Waals surface area contributed by atoms with Crippen LogP contribution in [-0.4, -0.2) is 117 Å². The Hall–Kier alpha value is -8.82. The molecular formula is C53H65FN10O15. The van der Waals surface area contributed by atoms with Crippen LogP contribution < -0.4 is 79.9 Å². The Morgan fingerprint density at radius 3 is 1.20 bits per heavy atom. The Morgan fingerprint density at radius 2 is 0.835 bits per heavy atom. The molecule has 10 aromatic rings. The standard InChI is InChI=1S/C12H15FN2O3.C12H16N2O3.2C10H12N2O3.C9H10N2O3/c13-5-2-6-14-7-8-17-10-4-1-3-9-11(10)18-12(16)15-9;1-2-6-13-7-8-16-10-5-3-4-9-11(10)17-12(15)14-9;1-12-7-3-2-4-8(14-6-5-11)9(7)15-10(12)13;1-11-5-6-14-8-4-2-3-7-9(8)15-10(13)12-7;10-4-5-13-7-3-1-2-6-8(7)14-9(12)11-6/h1,3-4,14H,2,5-8H2,(H,15,16);3-5,13H,2,6-8H2,1H3,(H,14,15);2-4H,5-6,11H2,1H3;2-4,11H,5-6H2,1H3,(H,12,13);1-3H,4-5,10H2,(H,11,12). The molecule has 0 unspecified atom stereocenters. The predicted molar refractivity (Wildman–Crippen MR) is 295 cm³/mol. The number of nitrogens with two attached hydrogens (primary N) is 2. The lowest BCUT2D eigenvalue weighted by molar-refractivity contribution is 0.310. The molecule has 0 radical (unpaired) electrons. The van der Waals surface area contributed by atoms with Crippen LogP contribution in [0.3, 0.4) is 0 Å². The SMILES string of the molecule is CCCNCCOc1cccc2[nH]c(=O)oc12.CNCCOc1cccc2[nH]c(=O)oc12.Cn1c(=O)oc2c(OCCN)cccc21.NCCOc1cccc2[nH]c(=O)oc12.O=c1[nH]c2cccc(OCCNCCCF)c2o1. The Balaban J connectivity index is 0.000000160. The maximum absolute atomic E-state index is 11.8. The van der Waals surface area contributed by atoms with Gasteiger partial charge in [-0.15, -0.1) is 0 Å². The van der Waals surface area contributed by atoms with Crippen molar-refractivity contribution in [2.75, 3.05) is 92.6 Å². The molecular weight excluding hydrogens is 1040 g/mol. The molecule has 0 aliphatic carbocycles. The molecule has 10 rings (SSSR count). The van der Waals surface area contributed by atoms with Crippen LogP contribution in [-0.2, 0) is 7.05 Å². The van der Waals surface area contributed by atoms with Gasteiger partial charge in [0.05, 0.1) is 34.3 Å². The average molecular weight is 1100 g/mol. The molecule has 25 nitrogen and oxygen atoms in total. The highest BCUT2D eigenvalue weighted by molar-refractivity contribution is 5.81. The number of fused-ring (bicyclic) bond motifs is 5. The van der Waals surface area contributed by atoms with Crippen LogP contribution in [0.15, 0.2) is 137 Å². The van der Waals surface area contributed by atoms with E-state index in [9.17, 15) is 28.4 Å². The molecule has 0 fully saturated rings. The topological polar surface area (TPSA) is 353 Å². The normalized spacial score (nSPS) is 10.8. The quantitative estimate of drug-likeness (QED) is 0.0395. The highest BCUT2D eigenvalue weighted by atomic mass is 19.1. The number of aromatic amines is 4. The van der Waals surface area contributed by atoms with E-state index < -0.39 is 28.8 Å². The summed E-state index contributed by atoms with van der Waals surface area (Å²) in [6.07, 6.45) is 1.60. The van der Waals surface area contributed by atoms with Gasteiger partial charge in [-0.1, -0.05) is 37.3 Å². The summed E-state index contributed by atoms with van der Waals surface area (Å²) in [6, 6.07) is 26.6. The largest absolute Gasteiger partial charge is 0.488 e. The monoisotopic (exact) mass is 1100 g/mol. The number of alkyl halides is 1. The minimum Gasteiger partial charge on any atom is -0.488 e. The van der Waals surface area contributed by atoms with Crippen LogP contribution in [0.1, 0.15) is 19.8 Å². The second-order valence-corrected chi connectivity index (χ2v) is 16.6. The number of nitrogens with zero attached hydrogens (tertiary/aromatic N) is 1. The van der Waals surface area contributed by atoms with E-state index in [2.05, 4.69) is 42.8 Å². The number of hydrogen-bond acceptors (Lipinski definition) is 20. The fourth-order valence-corrected chi connectivity index (χ4v) is 7.17. The lowest BCUT2D eigenvalue weighted by Gasteiger charge is -2.06. The van der Waals surface area contributed by atoms with E-state index in [0.717, 1.165) is 31.6 Å². The first-order chi connectivity index (χ1) is 38.5. The molecule has 5 aromatic carbocycles. The molecule has 424 valence electrons. The van der Waals surface area contributed by atoms with Crippen molar-refractivity contribution in [1.82, 2.24) is 40.5 Å². The number of H-pyrrole nitrogens is 4. The van der Waals surface area contributed by atoms with Gasteiger partial charge in [0.25, 0.3) is 0 Å². The zero-order valence-corrected chi connectivity index (χ0v) is 43.9. The molecule has 0 bridgehead atoms. The van der Waals surface area contributed by atoms with E-state index in [1.165, 1.54) is 4.57 Å². The number of para-hydroxylation sites is 5. The highest BCUT2D eigenvalue weighted by Crippen LogP contribution is 2.26. The summed E-state index contributed by atoms with van der Waals surface area (Å²) in [7, 11) is 3.50. The fourth-order valence-electron chi connectivity index (χ4n) is 7.17. The highest BCUT2D eigenvalue weighted by Gasteiger charge is 2.12. The molecule has 79 heavy (non-hydrogen) atoms. The number of halogens is 1. The van der Waals surface area contributed by atoms with Gasteiger partial charge in [0, 0.05) is 39.8 Å². The third-order valence-corrected chi connectivity index (χ3v) is 10.8. The number of oxazole rings is 5. The lowest BCUT2D eigenvalue weighted by Crippen LogP contribution is -2.22. The summed E-state index contributed by atoms with van der Waals surface area (Å²) in [5.74, 6) is 0.495. The van der Waals surface area contributed by atoms with Crippen molar-refractivity contribution in [3.63, 3.8) is 0 Å². The van der Waals surface area contributed by atoms with Crippen molar-refractivity contribution in [3.05, 3.63) is 144 Å². The van der Waals surface area contributed by atoms with Crippen LogP contribution in [0.5, 0.6) is 28.7 Å². The van der Waals surface area contributed by atoms with Crippen LogP contribution >= 0.6 is 0 Å². The first kappa shape index (κ1) is 59.4. The summed E-state index contributed by atoms with van der Waals surface area (Å²) >= 11 is 0. The summed E-state index contributed by atoms with van der Waals surface area (Å²) in [5.41, 5.74) is 16.2. The van der Waals surface area contributed by atoms with Gasteiger partial charge in [0.2, 0.25) is 0 Å². The van der Waals surface area contributed by atoms with Gasteiger partial charge >= 0.3 is 28.8 Å². The second kappa shape index (κ2) is 31.4. The first-order valence-corrected chi connectivity index (χ1v) is 25.2. The molecule has 0 aliphatic rings. The van der Waals surface area contributed by atoms with Crippen molar-refractivity contribution < 1.29 is 50.2 Å². The maximum Gasteiger partial charge on any atom is 0.419 e. The van der Waals surface area contributed by atoms with Crippen LogP contribution in [0.2, 0.25) is 0 Å². The van der Waals surface area contributed by atoms with Crippen LogP contribution in [0.4, 0.5) is 4.39 Å². The first-order valence-electron chi connectivity index (χ1n) is 25.2. The molecule has 0 saturated heterocycles. The van der Waals surface area contributed by atoms with Gasteiger partial charge in [-0.05, 0) is 93.6 Å². The zero-order valence-electron chi connectivity index (χ0n) is 43.9. The number of ether oxygens (including phenoxy) is 5. The molecule has 11 N–H and O–H groups in total. The molecule has 5 heterocycles. The second-order valence-electron chi connectivity index (χ2n) is 16.6. The van der Waals surface area contributed by atoms with Crippen molar-refractivity contribution in [2.24, 2.45) is 18.5 Å². The number of nitrogens with one attached hydrogen (secondary N) is 7. The van der Waals surface area contributed by atoms with Crippen LogP contribution in [0, 0.1) is 0 Å². The Morgan fingerprint density at radius 1 is 0.481 bits per heavy atom. The lowest BCUT2D eigenvalue weighted by atomic mass is 10.3. The molecule has 5 aromatic heterocycles. The average Bonchev–Trinajstić information content (AvgIpc) is 4.30. The number of rotatable bonds is 23. The molecule has 0 atom stereocenters. The van der Waals surface area contributed by atoms with Crippen LogP contribution in [0.25, 0.3) is 55.5 Å². The maximum atomic E-state index is 11.8.